The quantitative estimate of drug-likeness (QED) is 0.273. The zero-order valence-corrected chi connectivity index (χ0v) is 22.1. The molecule has 38 heavy (non-hydrogen) atoms. The predicted octanol–water partition coefficient (Wildman–Crippen LogP) is 3.07. The zero-order chi connectivity index (χ0) is 26.6. The lowest BCUT2D eigenvalue weighted by molar-refractivity contribution is -0.144. The Morgan fingerprint density at radius 2 is 1.79 bits per heavy atom. The second-order valence-corrected chi connectivity index (χ2v) is 8.76. The second-order valence-electron chi connectivity index (χ2n) is 8.76. The summed E-state index contributed by atoms with van der Waals surface area (Å²) >= 11 is 0. The lowest BCUT2D eigenvalue weighted by atomic mass is 10.0. The summed E-state index contributed by atoms with van der Waals surface area (Å²) < 4.78 is 10.1. The van der Waals surface area contributed by atoms with Crippen LogP contribution in [0.3, 0.4) is 0 Å². The first-order chi connectivity index (χ1) is 17.9. The number of hydrogen-bond donors (Lipinski definition) is 3. The fraction of sp³-hybridized carbons (Fsp3) is 0.407. The number of para-hydroxylation sites is 1. The van der Waals surface area contributed by atoms with Crippen molar-refractivity contribution in [2.45, 2.75) is 50.8 Å². The van der Waals surface area contributed by atoms with E-state index in [2.05, 4.69) is 10.6 Å². The summed E-state index contributed by atoms with van der Waals surface area (Å²) in [6.45, 7) is 0.0771. The number of fused-ring (bicyclic) bond motifs is 1. The van der Waals surface area contributed by atoms with E-state index >= 15 is 0 Å². The summed E-state index contributed by atoms with van der Waals surface area (Å²) in [7, 11) is 1.28. The van der Waals surface area contributed by atoms with Gasteiger partial charge in [0.05, 0.1) is 13.2 Å². The monoisotopic (exact) mass is 547 g/mol. The van der Waals surface area contributed by atoms with E-state index in [1.165, 1.54) is 12.0 Å². The van der Waals surface area contributed by atoms with Gasteiger partial charge >= 0.3 is 18.0 Å². The Morgan fingerprint density at radius 1 is 1.08 bits per heavy atom. The number of halogens is 1. The Kier molecular flexibility index (Phi) is 12.5. The molecule has 206 valence electrons. The highest BCUT2D eigenvalue weighted by Gasteiger charge is 2.34. The highest BCUT2D eigenvalue weighted by atomic mass is 35.5. The average molecular weight is 548 g/mol. The Morgan fingerprint density at radius 3 is 2.50 bits per heavy atom. The fourth-order valence-electron chi connectivity index (χ4n) is 4.26. The first-order valence-electron chi connectivity index (χ1n) is 12.3. The third-order valence-corrected chi connectivity index (χ3v) is 6.13. The molecule has 2 aromatic rings. The van der Waals surface area contributed by atoms with E-state index in [0.717, 1.165) is 11.1 Å². The van der Waals surface area contributed by atoms with Crippen molar-refractivity contribution in [3.05, 3.63) is 65.7 Å². The molecular weight excluding hydrogens is 514 g/mol. The smallest absolute Gasteiger partial charge is 0.407 e. The number of nitrogens with zero attached hydrogens (tertiary/aromatic N) is 1. The van der Waals surface area contributed by atoms with Crippen LogP contribution in [-0.2, 0) is 36.9 Å². The fourth-order valence-corrected chi connectivity index (χ4v) is 4.26. The van der Waals surface area contributed by atoms with Crippen LogP contribution in [0, 0.1) is 0 Å². The van der Waals surface area contributed by atoms with E-state index in [1.807, 2.05) is 42.5 Å². The number of carboxylic acids is 1. The number of esters is 1. The van der Waals surface area contributed by atoms with Gasteiger partial charge in [0.15, 0.2) is 0 Å². The van der Waals surface area contributed by atoms with Crippen LogP contribution in [0.4, 0.5) is 10.5 Å². The van der Waals surface area contributed by atoms with E-state index in [0.29, 0.717) is 44.3 Å². The second kappa shape index (κ2) is 15.6. The molecule has 3 rings (SSSR count). The number of benzene rings is 2. The van der Waals surface area contributed by atoms with Crippen LogP contribution in [0.5, 0.6) is 0 Å². The largest absolute Gasteiger partial charge is 0.480 e. The van der Waals surface area contributed by atoms with Crippen molar-refractivity contribution in [3.63, 3.8) is 0 Å². The minimum absolute atomic E-state index is 0. The van der Waals surface area contributed by atoms with Crippen molar-refractivity contribution in [1.29, 1.82) is 0 Å². The van der Waals surface area contributed by atoms with Gasteiger partial charge in [-0.15, -0.1) is 12.4 Å². The van der Waals surface area contributed by atoms with Crippen LogP contribution >= 0.6 is 12.4 Å². The SMILES string of the molecule is COC(=O)[C@H](CCCCNC(=O)OCc1ccccc1)N[C@H]1CCc2ccccc2N(CC(=O)O)C1=O.Cl. The number of rotatable bonds is 12. The van der Waals surface area contributed by atoms with Crippen LogP contribution in [-0.4, -0.2) is 61.3 Å². The number of hydrogen-bond acceptors (Lipinski definition) is 7. The standard InChI is InChI=1S/C27H33N3O7.ClH/c1-36-26(34)22(12-7-8-16-28-27(35)37-18-19-9-3-2-4-10-19)29-21-15-14-20-11-5-6-13-23(20)30(25(21)33)17-24(31)32;/h2-6,9-11,13,21-22,29H,7-8,12,14-18H2,1H3,(H,28,35)(H,31,32);1H/t21-,22-;/m0./s1. The molecule has 11 heteroatoms. The summed E-state index contributed by atoms with van der Waals surface area (Å²) in [5, 5.41) is 15.2. The number of carboxylic acid groups (broad SMARTS) is 1. The van der Waals surface area contributed by atoms with Gasteiger partial charge in [-0.2, -0.15) is 0 Å². The number of amides is 2. The molecule has 0 unspecified atom stereocenters. The molecule has 1 aliphatic heterocycles. The van der Waals surface area contributed by atoms with Crippen molar-refractivity contribution in [1.82, 2.24) is 10.6 Å². The summed E-state index contributed by atoms with van der Waals surface area (Å²) in [4.78, 5) is 50.3. The molecule has 0 spiro atoms. The van der Waals surface area contributed by atoms with Gasteiger partial charge in [0.2, 0.25) is 5.91 Å². The van der Waals surface area contributed by atoms with Crippen molar-refractivity contribution < 1.29 is 33.8 Å². The zero-order valence-electron chi connectivity index (χ0n) is 21.3. The van der Waals surface area contributed by atoms with E-state index in [1.54, 1.807) is 12.1 Å². The van der Waals surface area contributed by atoms with Gasteiger partial charge in [0, 0.05) is 12.2 Å². The first kappa shape index (κ1) is 30.6. The molecule has 2 atom stereocenters. The normalized spacial score (nSPS) is 15.3. The van der Waals surface area contributed by atoms with Gasteiger partial charge in [-0.25, -0.2) is 4.79 Å². The molecule has 0 saturated heterocycles. The lowest BCUT2D eigenvalue weighted by Gasteiger charge is -2.27. The number of alkyl carbamates (subject to hydrolysis) is 1. The number of carbonyl (C=O) groups is 4. The number of anilines is 1. The van der Waals surface area contributed by atoms with Crippen molar-refractivity contribution in [2.75, 3.05) is 25.1 Å². The minimum atomic E-state index is -1.12. The lowest BCUT2D eigenvalue weighted by Crippen LogP contribution is -2.52. The maximum Gasteiger partial charge on any atom is 0.407 e. The topological polar surface area (TPSA) is 134 Å². The van der Waals surface area contributed by atoms with Gasteiger partial charge in [0.25, 0.3) is 0 Å². The molecule has 10 nitrogen and oxygen atoms in total. The number of aliphatic carboxylic acids is 1. The van der Waals surface area contributed by atoms with E-state index < -0.39 is 42.6 Å². The molecule has 0 radical (unpaired) electrons. The molecule has 3 N–H and O–H groups in total. The summed E-state index contributed by atoms with van der Waals surface area (Å²) in [5.41, 5.74) is 2.34. The molecular formula is C27H34ClN3O7. The maximum atomic E-state index is 13.3. The summed E-state index contributed by atoms with van der Waals surface area (Å²) in [6.07, 6.45) is 1.99. The Bertz CT molecular complexity index is 1080. The molecule has 1 heterocycles. The van der Waals surface area contributed by atoms with Crippen LogP contribution in [0.15, 0.2) is 54.6 Å². The van der Waals surface area contributed by atoms with Crippen molar-refractivity contribution in [2.24, 2.45) is 0 Å². The summed E-state index contributed by atoms with van der Waals surface area (Å²) in [6, 6.07) is 15.1. The highest BCUT2D eigenvalue weighted by Crippen LogP contribution is 2.27. The number of nitrogens with one attached hydrogen (secondary N) is 2. The van der Waals surface area contributed by atoms with E-state index in [-0.39, 0.29) is 19.0 Å². The summed E-state index contributed by atoms with van der Waals surface area (Å²) in [5.74, 6) is -2.03. The third kappa shape index (κ3) is 9.04. The van der Waals surface area contributed by atoms with Gasteiger partial charge in [-0.1, -0.05) is 48.5 Å². The number of carbonyl (C=O) groups excluding carboxylic acids is 3. The first-order valence-corrected chi connectivity index (χ1v) is 12.3. The highest BCUT2D eigenvalue weighted by molar-refractivity contribution is 6.02. The van der Waals surface area contributed by atoms with Gasteiger partial charge in [0.1, 0.15) is 19.2 Å². The van der Waals surface area contributed by atoms with Crippen molar-refractivity contribution in [3.8, 4) is 0 Å². The molecule has 2 aromatic carbocycles. The molecule has 0 fully saturated rings. The Balaban J connectivity index is 0.00000507. The van der Waals surface area contributed by atoms with Crippen molar-refractivity contribution >= 4 is 42.0 Å². The number of methoxy groups -OCH3 is 1. The van der Waals surface area contributed by atoms with Crippen LogP contribution in [0.25, 0.3) is 0 Å². The molecule has 0 aromatic heterocycles. The van der Waals surface area contributed by atoms with Crippen LogP contribution < -0.4 is 15.5 Å². The van der Waals surface area contributed by atoms with Crippen LogP contribution in [0.1, 0.15) is 36.8 Å². The van der Waals surface area contributed by atoms with Gasteiger partial charge < -0.3 is 19.9 Å². The maximum absolute atomic E-state index is 13.3. The minimum Gasteiger partial charge on any atom is -0.480 e. The number of unbranched alkanes of at least 4 members (excludes halogenated alkanes) is 1. The molecule has 2 amide bonds. The van der Waals surface area contributed by atoms with E-state index in [9.17, 15) is 24.3 Å². The van der Waals surface area contributed by atoms with Crippen LogP contribution in [0.2, 0.25) is 0 Å². The third-order valence-electron chi connectivity index (χ3n) is 6.13. The number of ether oxygens (including phenoxy) is 2. The molecule has 1 aliphatic rings. The Hall–Kier alpha value is -3.63. The van der Waals surface area contributed by atoms with Gasteiger partial charge in [-0.3, -0.25) is 24.6 Å². The molecule has 0 bridgehead atoms. The molecule has 0 saturated carbocycles. The van der Waals surface area contributed by atoms with E-state index in [4.69, 9.17) is 9.47 Å². The number of aryl methyl sites for hydroxylation is 1. The van der Waals surface area contributed by atoms with Gasteiger partial charge in [-0.05, 0) is 49.3 Å². The molecule has 0 aliphatic carbocycles. The average Bonchev–Trinajstić information content (AvgIpc) is 3.03. The Labute approximate surface area is 228 Å². The predicted molar refractivity (Wildman–Crippen MR) is 143 cm³/mol.